The van der Waals surface area contributed by atoms with Crippen molar-refractivity contribution in [3.8, 4) is 0 Å². The molecule has 0 radical (unpaired) electrons. The van der Waals surface area contributed by atoms with Gasteiger partial charge in [0, 0.05) is 37.2 Å². The summed E-state index contributed by atoms with van der Waals surface area (Å²) in [5.74, 6) is 1.28. The van der Waals surface area contributed by atoms with Crippen molar-refractivity contribution in [3.05, 3.63) is 17.5 Å². The predicted octanol–water partition coefficient (Wildman–Crippen LogP) is 1.76. The van der Waals surface area contributed by atoms with Crippen LogP contribution in [0.3, 0.4) is 0 Å². The Hall–Kier alpha value is -1.36. The van der Waals surface area contributed by atoms with E-state index in [0.717, 1.165) is 24.8 Å². The minimum atomic E-state index is -0.112. The molecule has 0 aromatic carbocycles. The van der Waals surface area contributed by atoms with Gasteiger partial charge >= 0.3 is 0 Å². The van der Waals surface area contributed by atoms with Crippen LogP contribution >= 0.6 is 0 Å². The zero-order valence-corrected chi connectivity index (χ0v) is 11.8. The number of carbonyl (C=O) groups is 1. The first-order chi connectivity index (χ1) is 9.70. The monoisotopic (exact) mass is 275 g/mol. The van der Waals surface area contributed by atoms with Gasteiger partial charge < -0.3 is 9.84 Å². The van der Waals surface area contributed by atoms with Gasteiger partial charge in [0.05, 0.1) is 5.69 Å². The van der Waals surface area contributed by atoms with Crippen LogP contribution in [0.2, 0.25) is 0 Å². The lowest BCUT2D eigenvalue weighted by molar-refractivity contribution is 0.0893. The summed E-state index contributed by atoms with van der Waals surface area (Å²) in [6, 6.07) is 2.81. The van der Waals surface area contributed by atoms with Gasteiger partial charge in [-0.15, -0.1) is 0 Å². The fourth-order valence-electron chi connectivity index (χ4n) is 3.14. The van der Waals surface area contributed by atoms with Gasteiger partial charge in [0.1, 0.15) is 0 Å². The number of nitrogens with one attached hydrogen (secondary N) is 1. The van der Waals surface area contributed by atoms with Crippen LogP contribution in [0.4, 0.5) is 0 Å². The molecule has 1 N–H and O–H groups in total. The largest absolute Gasteiger partial charge is 0.351 e. The molecule has 1 aromatic heterocycles. The van der Waals surface area contributed by atoms with Crippen LogP contribution in [0.1, 0.15) is 54.8 Å². The molecule has 0 spiro atoms. The smallest absolute Gasteiger partial charge is 0.290 e. The number of hydrogen-bond acceptors (Lipinski definition) is 4. The average molecular weight is 275 g/mol. The van der Waals surface area contributed by atoms with E-state index in [1.165, 1.54) is 25.7 Å². The van der Waals surface area contributed by atoms with Crippen molar-refractivity contribution in [1.82, 2.24) is 15.4 Å². The number of nitrogens with zero attached hydrogens (tertiary/aromatic N) is 2. The van der Waals surface area contributed by atoms with Crippen LogP contribution in [0.5, 0.6) is 0 Å². The lowest BCUT2D eigenvalue weighted by Crippen LogP contribution is -2.39. The minimum absolute atomic E-state index is 0.112. The Kier molecular flexibility index (Phi) is 2.84. The summed E-state index contributed by atoms with van der Waals surface area (Å²) in [6.45, 7) is 4.28. The molecule has 1 aliphatic heterocycles. The second-order valence-corrected chi connectivity index (χ2v) is 6.63. The van der Waals surface area contributed by atoms with Crippen LogP contribution in [0, 0.1) is 5.92 Å². The highest BCUT2D eigenvalue weighted by atomic mass is 16.5. The van der Waals surface area contributed by atoms with E-state index in [1.54, 1.807) is 0 Å². The lowest BCUT2D eigenvalue weighted by Gasteiger charge is -2.15. The topological polar surface area (TPSA) is 58.4 Å². The second kappa shape index (κ2) is 4.58. The third kappa shape index (κ3) is 2.35. The van der Waals surface area contributed by atoms with Gasteiger partial charge in [-0.05, 0) is 31.6 Å². The Morgan fingerprint density at radius 2 is 2.15 bits per heavy atom. The molecule has 20 heavy (non-hydrogen) atoms. The van der Waals surface area contributed by atoms with E-state index < -0.39 is 0 Å². The number of aromatic nitrogens is 1. The third-order valence-corrected chi connectivity index (χ3v) is 4.77. The Bertz CT molecular complexity index is 519. The number of carbonyl (C=O) groups excluding carboxylic acids is 1. The van der Waals surface area contributed by atoms with Crippen molar-refractivity contribution in [2.24, 2.45) is 5.92 Å². The minimum Gasteiger partial charge on any atom is -0.351 e. The summed E-state index contributed by atoms with van der Waals surface area (Å²) in [6.07, 6.45) is 4.98. The highest BCUT2D eigenvalue weighted by molar-refractivity contribution is 5.91. The standard InChI is InChI=1S/C15H21N3O2/c1-9-7-18(11-4-5-11)8-13(9)16-15(19)14-6-12(17-20-14)10-2-3-10/h6,9-11,13H,2-5,7-8H2,1H3,(H,16,19)/t9?,13-/m1/s1. The maximum Gasteiger partial charge on any atom is 0.290 e. The van der Waals surface area contributed by atoms with E-state index >= 15 is 0 Å². The van der Waals surface area contributed by atoms with Gasteiger partial charge in [0.25, 0.3) is 5.91 Å². The Morgan fingerprint density at radius 3 is 2.85 bits per heavy atom. The highest BCUT2D eigenvalue weighted by Crippen LogP contribution is 2.39. The molecule has 108 valence electrons. The zero-order valence-electron chi connectivity index (χ0n) is 11.8. The quantitative estimate of drug-likeness (QED) is 0.909. The Balaban J connectivity index is 1.38. The van der Waals surface area contributed by atoms with Gasteiger partial charge in [-0.1, -0.05) is 12.1 Å². The van der Waals surface area contributed by atoms with Crippen LogP contribution in [0.25, 0.3) is 0 Å². The molecule has 1 aromatic rings. The van der Waals surface area contributed by atoms with Crippen LogP contribution in [0.15, 0.2) is 10.6 Å². The molecule has 2 aliphatic carbocycles. The van der Waals surface area contributed by atoms with Crippen molar-refractivity contribution in [2.75, 3.05) is 13.1 Å². The molecule has 0 bridgehead atoms. The Labute approximate surface area is 118 Å². The SMILES string of the molecule is CC1CN(C2CC2)C[C@H]1NC(=O)c1cc(C2CC2)no1. The second-order valence-electron chi connectivity index (χ2n) is 6.63. The molecular formula is C15H21N3O2. The summed E-state index contributed by atoms with van der Waals surface area (Å²) >= 11 is 0. The first kappa shape index (κ1) is 12.4. The van der Waals surface area contributed by atoms with Gasteiger partial charge in [-0.25, -0.2) is 0 Å². The van der Waals surface area contributed by atoms with E-state index in [2.05, 4.69) is 22.3 Å². The summed E-state index contributed by atoms with van der Waals surface area (Å²) in [5, 5.41) is 7.12. The van der Waals surface area contributed by atoms with E-state index in [-0.39, 0.29) is 11.9 Å². The highest BCUT2D eigenvalue weighted by Gasteiger charge is 2.39. The number of hydrogen-bond donors (Lipinski definition) is 1. The Morgan fingerprint density at radius 1 is 1.35 bits per heavy atom. The van der Waals surface area contributed by atoms with Crippen molar-refractivity contribution >= 4 is 5.91 Å². The van der Waals surface area contributed by atoms with E-state index in [9.17, 15) is 4.79 Å². The predicted molar refractivity (Wildman–Crippen MR) is 73.5 cm³/mol. The fourth-order valence-corrected chi connectivity index (χ4v) is 3.14. The van der Waals surface area contributed by atoms with Crippen LogP contribution in [-0.2, 0) is 0 Å². The molecule has 1 saturated heterocycles. The lowest BCUT2D eigenvalue weighted by atomic mass is 10.1. The van der Waals surface area contributed by atoms with Crippen LogP contribution in [-0.4, -0.2) is 41.1 Å². The molecule has 1 amide bonds. The molecule has 1 unspecified atom stereocenters. The molecule has 2 heterocycles. The first-order valence-corrected chi connectivity index (χ1v) is 7.72. The molecule has 4 rings (SSSR count). The zero-order chi connectivity index (χ0) is 13.7. The average Bonchev–Trinajstić information content (AvgIpc) is 3.36. The molecule has 3 aliphatic rings. The van der Waals surface area contributed by atoms with Gasteiger partial charge in [-0.3, -0.25) is 9.69 Å². The van der Waals surface area contributed by atoms with E-state index in [1.807, 2.05) is 6.07 Å². The molecular weight excluding hydrogens is 254 g/mol. The summed E-state index contributed by atoms with van der Waals surface area (Å²) in [5.41, 5.74) is 0.939. The number of likely N-dealkylation sites (tertiary alicyclic amines) is 1. The molecule has 3 fully saturated rings. The van der Waals surface area contributed by atoms with Gasteiger partial charge in [-0.2, -0.15) is 0 Å². The summed E-state index contributed by atoms with van der Waals surface area (Å²) in [7, 11) is 0. The van der Waals surface area contributed by atoms with Gasteiger partial charge in [0.2, 0.25) is 5.76 Å². The summed E-state index contributed by atoms with van der Waals surface area (Å²) < 4.78 is 5.18. The molecule has 2 atom stereocenters. The van der Waals surface area contributed by atoms with Crippen molar-refractivity contribution in [3.63, 3.8) is 0 Å². The molecule has 5 heteroatoms. The van der Waals surface area contributed by atoms with E-state index in [4.69, 9.17) is 4.52 Å². The normalized spacial score (nSPS) is 30.6. The maximum atomic E-state index is 12.2. The van der Waals surface area contributed by atoms with Crippen LogP contribution < -0.4 is 5.32 Å². The third-order valence-electron chi connectivity index (χ3n) is 4.77. The first-order valence-electron chi connectivity index (χ1n) is 7.72. The van der Waals surface area contributed by atoms with Crippen molar-refractivity contribution < 1.29 is 9.32 Å². The van der Waals surface area contributed by atoms with Crippen molar-refractivity contribution in [2.45, 2.75) is 50.6 Å². The van der Waals surface area contributed by atoms with Crippen molar-refractivity contribution in [1.29, 1.82) is 0 Å². The maximum absolute atomic E-state index is 12.2. The number of rotatable bonds is 4. The molecule has 5 nitrogen and oxygen atoms in total. The fraction of sp³-hybridized carbons (Fsp3) is 0.733. The van der Waals surface area contributed by atoms with Gasteiger partial charge in [0.15, 0.2) is 0 Å². The molecule has 2 saturated carbocycles. The van der Waals surface area contributed by atoms with E-state index in [0.29, 0.717) is 17.6 Å². The summed E-state index contributed by atoms with van der Waals surface area (Å²) in [4.78, 5) is 14.7. The number of amides is 1.